The number of aromatic amines is 1. The van der Waals surface area contributed by atoms with Crippen molar-refractivity contribution in [2.75, 3.05) is 0 Å². The minimum atomic E-state index is 0.407. The van der Waals surface area contributed by atoms with Crippen molar-refractivity contribution >= 4 is 0 Å². The van der Waals surface area contributed by atoms with Gasteiger partial charge in [-0.3, -0.25) is 5.10 Å². The summed E-state index contributed by atoms with van der Waals surface area (Å²) in [5.74, 6) is 6.92. The van der Waals surface area contributed by atoms with E-state index < -0.39 is 0 Å². The van der Waals surface area contributed by atoms with Gasteiger partial charge in [0, 0.05) is 41.4 Å². The Hall–Kier alpha value is -5.60. The molecule has 0 aliphatic rings. The summed E-state index contributed by atoms with van der Waals surface area (Å²) in [6.45, 7) is 57.0. The Morgan fingerprint density at radius 1 is 0.457 bits per heavy atom. The quantitative estimate of drug-likeness (QED) is 0.158. The lowest BCUT2D eigenvalue weighted by Crippen LogP contribution is -1.88. The van der Waals surface area contributed by atoms with E-state index in [1.165, 1.54) is 19.1 Å². The van der Waals surface area contributed by atoms with Crippen molar-refractivity contribution in [1.29, 1.82) is 0 Å². The van der Waals surface area contributed by atoms with E-state index in [0.717, 1.165) is 40.2 Å². The largest absolute Gasteiger partial charge is 0.451 e. The van der Waals surface area contributed by atoms with Crippen LogP contribution in [0.3, 0.4) is 0 Å². The van der Waals surface area contributed by atoms with E-state index in [2.05, 4.69) is 138 Å². The lowest BCUT2D eigenvalue weighted by atomic mass is 10.1. The first kappa shape index (κ1) is 78.6. The molecule has 70 heavy (non-hydrogen) atoms. The Labute approximate surface area is 427 Å². The maximum Gasteiger partial charge on any atom is 0.196 e. The van der Waals surface area contributed by atoms with Crippen LogP contribution in [0.1, 0.15) is 275 Å². The van der Waals surface area contributed by atoms with Crippen molar-refractivity contribution in [2.24, 2.45) is 0 Å². The second kappa shape index (κ2) is 59.5. The number of H-pyrrole nitrogens is 1. The van der Waals surface area contributed by atoms with Crippen molar-refractivity contribution in [1.82, 2.24) is 45.6 Å². The summed E-state index contributed by atoms with van der Waals surface area (Å²) in [5, 5.41) is 17.4. The molecule has 0 saturated carbocycles. The maximum absolute atomic E-state index is 4.98. The molecule has 406 valence electrons. The number of aromatic nitrogens is 9. The van der Waals surface area contributed by atoms with E-state index in [-0.39, 0.29) is 0 Å². The topological polar surface area (TPSA) is 198 Å². The molecular formula is C55H105N9O6. The van der Waals surface area contributed by atoms with Gasteiger partial charge in [0.05, 0.1) is 36.2 Å². The van der Waals surface area contributed by atoms with Crippen LogP contribution in [0.25, 0.3) is 0 Å². The number of hydrogen-bond donors (Lipinski definition) is 1. The average Bonchev–Trinajstić information content (AvgIpc) is 4.26. The number of hydrogen-bond acceptors (Lipinski definition) is 14. The van der Waals surface area contributed by atoms with Crippen molar-refractivity contribution in [3.63, 3.8) is 0 Å². The molecule has 0 aliphatic carbocycles. The standard InChI is InChI=1S/6C6H9NO.C5H9N3.7C2H6/c1-5(2)6-3-8-4-7-6;1-5(2)6-3-7-4-8-6;1-5(2)6-3-7-8-4-6;1-5(2)6-7-3-4-8-6;1-5(2)6-3-4-8-7-6;1-5(2)6-3-4-7-8-6;1-4(2)5-6-3-7-8-5;7*1-2/h6*3-5H,1-2H3;3-4H,1-2H3,(H,6,7,8);7*1-2H3. The fourth-order valence-electron chi connectivity index (χ4n) is 3.57. The molecule has 1 N–H and O–H groups in total. The Balaban J connectivity index is -0.000000127. The third-order valence-electron chi connectivity index (χ3n) is 7.18. The highest BCUT2D eigenvalue weighted by molar-refractivity contribution is 5.05. The van der Waals surface area contributed by atoms with Crippen LogP contribution in [0.15, 0.2) is 108 Å². The minimum Gasteiger partial charge on any atom is -0.451 e. The summed E-state index contributed by atoms with van der Waals surface area (Å²) < 4.78 is 28.8. The van der Waals surface area contributed by atoms with Gasteiger partial charge in [-0.25, -0.2) is 19.9 Å². The van der Waals surface area contributed by atoms with Crippen LogP contribution in [0.5, 0.6) is 0 Å². The average molecular weight is 989 g/mol. The van der Waals surface area contributed by atoms with Crippen LogP contribution < -0.4 is 0 Å². The molecule has 0 saturated heterocycles. The lowest BCUT2D eigenvalue weighted by molar-refractivity contribution is 0.371. The molecule has 0 aromatic carbocycles. The maximum atomic E-state index is 4.98. The van der Waals surface area contributed by atoms with E-state index >= 15 is 0 Å². The van der Waals surface area contributed by atoms with Gasteiger partial charge in [-0.05, 0) is 17.8 Å². The molecular weight excluding hydrogens is 883 g/mol. The van der Waals surface area contributed by atoms with E-state index in [1.807, 2.05) is 123 Å². The molecule has 15 nitrogen and oxygen atoms in total. The first-order valence-electron chi connectivity index (χ1n) is 25.8. The van der Waals surface area contributed by atoms with E-state index in [9.17, 15) is 0 Å². The molecule has 7 heterocycles. The molecule has 0 fully saturated rings. The highest BCUT2D eigenvalue weighted by Crippen LogP contribution is 2.13. The van der Waals surface area contributed by atoms with E-state index in [1.54, 1.807) is 49.8 Å². The van der Waals surface area contributed by atoms with Gasteiger partial charge in [-0.1, -0.05) is 209 Å². The van der Waals surface area contributed by atoms with Crippen molar-refractivity contribution < 1.29 is 26.8 Å². The predicted molar refractivity (Wildman–Crippen MR) is 293 cm³/mol. The van der Waals surface area contributed by atoms with Gasteiger partial charge >= 0.3 is 0 Å². The Kier molecular flexibility index (Phi) is 66.8. The molecule has 0 spiro atoms. The molecule has 0 atom stereocenters. The smallest absolute Gasteiger partial charge is 0.196 e. The number of rotatable bonds is 7. The third-order valence-corrected chi connectivity index (χ3v) is 7.18. The van der Waals surface area contributed by atoms with Crippen LogP contribution in [0.4, 0.5) is 0 Å². The van der Waals surface area contributed by atoms with E-state index in [4.69, 9.17) is 17.8 Å². The van der Waals surface area contributed by atoms with Gasteiger partial charge in [0.15, 0.2) is 18.7 Å². The van der Waals surface area contributed by atoms with Gasteiger partial charge < -0.3 is 26.8 Å². The predicted octanol–water partition coefficient (Wildman–Crippen LogP) is 18.9. The molecule has 7 aromatic rings. The van der Waals surface area contributed by atoms with E-state index in [0.29, 0.717) is 41.4 Å². The first-order valence-corrected chi connectivity index (χ1v) is 25.8. The summed E-state index contributed by atoms with van der Waals surface area (Å²) in [5.41, 5.74) is 3.19. The zero-order valence-electron chi connectivity index (χ0n) is 49.6. The second-order valence-corrected chi connectivity index (χ2v) is 14.4. The molecule has 0 bridgehead atoms. The molecule has 0 radical (unpaired) electrons. The van der Waals surface area contributed by atoms with Crippen molar-refractivity contribution in [3.8, 4) is 0 Å². The minimum absolute atomic E-state index is 0.407. The molecule has 7 rings (SSSR count). The fourth-order valence-corrected chi connectivity index (χ4v) is 3.57. The Morgan fingerprint density at radius 2 is 1.03 bits per heavy atom. The normalized spacial score (nSPS) is 8.90. The molecule has 7 aromatic heterocycles. The van der Waals surface area contributed by atoms with Gasteiger partial charge in [-0.2, -0.15) is 5.10 Å². The summed E-state index contributed by atoms with van der Waals surface area (Å²) in [4.78, 5) is 15.6. The van der Waals surface area contributed by atoms with Gasteiger partial charge in [0.25, 0.3) is 0 Å². The Morgan fingerprint density at radius 3 is 1.23 bits per heavy atom. The van der Waals surface area contributed by atoms with Gasteiger partial charge in [-0.15, -0.1) is 0 Å². The molecule has 0 aliphatic heterocycles. The van der Waals surface area contributed by atoms with Crippen LogP contribution in [0.2, 0.25) is 0 Å². The number of oxazole rings is 3. The SMILES string of the molecule is CC.CC.CC.CC.CC.CC.CC.CC(C)c1ccno1.CC(C)c1ccon1.CC(C)c1cnco1.CC(C)c1cnoc1.CC(C)c1cocn1.CC(C)c1ncco1.CC(C)c1ncn[nH]1. The van der Waals surface area contributed by atoms with Gasteiger partial charge in [0.1, 0.15) is 48.7 Å². The van der Waals surface area contributed by atoms with Crippen molar-refractivity contribution in [2.45, 2.75) is 235 Å². The van der Waals surface area contributed by atoms with Crippen LogP contribution in [0, 0.1) is 0 Å². The monoisotopic (exact) mass is 988 g/mol. The van der Waals surface area contributed by atoms with Gasteiger partial charge in [0.2, 0.25) is 0 Å². The third kappa shape index (κ3) is 46.1. The highest BCUT2D eigenvalue weighted by atomic mass is 16.5. The van der Waals surface area contributed by atoms with Crippen LogP contribution in [-0.2, 0) is 0 Å². The fraction of sp³-hybridized carbons (Fsp3) is 0.636. The summed E-state index contributed by atoms with van der Waals surface area (Å²) in [6, 6.07) is 3.76. The van der Waals surface area contributed by atoms with Crippen LogP contribution in [-0.4, -0.2) is 45.6 Å². The summed E-state index contributed by atoms with van der Waals surface area (Å²) in [6.07, 6.45) is 17.8. The summed E-state index contributed by atoms with van der Waals surface area (Å²) in [7, 11) is 0. The Bertz CT molecular complexity index is 1390. The molecule has 0 unspecified atom stereocenters. The summed E-state index contributed by atoms with van der Waals surface area (Å²) >= 11 is 0. The molecule has 0 amide bonds. The number of nitrogens with one attached hydrogen (secondary N) is 1. The van der Waals surface area contributed by atoms with Crippen LogP contribution >= 0.6 is 0 Å². The number of nitrogens with zero attached hydrogens (tertiary/aromatic N) is 8. The lowest BCUT2D eigenvalue weighted by Gasteiger charge is -1.93. The highest BCUT2D eigenvalue weighted by Gasteiger charge is 2.03. The zero-order valence-corrected chi connectivity index (χ0v) is 49.6. The molecule has 15 heteroatoms. The van der Waals surface area contributed by atoms with Crippen molar-refractivity contribution in [3.05, 3.63) is 121 Å². The second-order valence-electron chi connectivity index (χ2n) is 14.4. The first-order chi connectivity index (χ1) is 33.6. The zero-order chi connectivity index (χ0) is 55.9.